The van der Waals surface area contributed by atoms with Crippen molar-refractivity contribution < 1.29 is 9.47 Å². The molecule has 0 saturated carbocycles. The molecule has 1 aromatic carbocycles. The zero-order chi connectivity index (χ0) is 15.4. The van der Waals surface area contributed by atoms with Crippen molar-refractivity contribution in [3.8, 4) is 11.8 Å². The molecule has 116 valence electrons. The van der Waals surface area contributed by atoms with E-state index in [1.807, 2.05) is 0 Å². The SMILES string of the molecule is COc1cnc(OC2CCN(Cc3cccc(C)c3)C2)nc1. The summed E-state index contributed by atoms with van der Waals surface area (Å²) in [5.74, 6) is 0.639. The lowest BCUT2D eigenvalue weighted by Crippen LogP contribution is -2.25. The molecule has 0 bridgehead atoms. The molecule has 22 heavy (non-hydrogen) atoms. The zero-order valence-electron chi connectivity index (χ0n) is 13.0. The lowest BCUT2D eigenvalue weighted by molar-refractivity contribution is 0.183. The summed E-state index contributed by atoms with van der Waals surface area (Å²) < 4.78 is 10.9. The van der Waals surface area contributed by atoms with Crippen molar-refractivity contribution in [2.24, 2.45) is 0 Å². The van der Waals surface area contributed by atoms with Crippen LogP contribution in [0.25, 0.3) is 0 Å². The number of aryl methyl sites for hydroxylation is 1. The smallest absolute Gasteiger partial charge is 0.316 e. The van der Waals surface area contributed by atoms with E-state index in [1.54, 1.807) is 19.5 Å². The van der Waals surface area contributed by atoms with E-state index in [2.05, 4.69) is 46.1 Å². The Balaban J connectivity index is 1.53. The average Bonchev–Trinajstić information content (AvgIpc) is 2.95. The number of hydrogen-bond donors (Lipinski definition) is 0. The van der Waals surface area contributed by atoms with Gasteiger partial charge in [0, 0.05) is 19.6 Å². The van der Waals surface area contributed by atoms with E-state index in [-0.39, 0.29) is 6.10 Å². The van der Waals surface area contributed by atoms with Crippen LogP contribution < -0.4 is 9.47 Å². The van der Waals surface area contributed by atoms with Gasteiger partial charge in [-0.2, -0.15) is 9.97 Å². The summed E-state index contributed by atoms with van der Waals surface area (Å²) in [4.78, 5) is 10.7. The molecule has 2 heterocycles. The van der Waals surface area contributed by atoms with Gasteiger partial charge in [-0.25, -0.2) is 0 Å². The first-order chi connectivity index (χ1) is 10.7. The highest BCUT2D eigenvalue weighted by Gasteiger charge is 2.24. The Morgan fingerprint density at radius 3 is 2.82 bits per heavy atom. The minimum Gasteiger partial charge on any atom is -0.494 e. The van der Waals surface area contributed by atoms with Crippen molar-refractivity contribution in [1.82, 2.24) is 14.9 Å². The van der Waals surface area contributed by atoms with E-state index in [0.29, 0.717) is 11.8 Å². The number of ether oxygens (including phenoxy) is 2. The average molecular weight is 299 g/mol. The van der Waals surface area contributed by atoms with E-state index in [0.717, 1.165) is 26.1 Å². The molecule has 1 unspecified atom stereocenters. The number of benzene rings is 1. The van der Waals surface area contributed by atoms with Crippen LogP contribution in [0.3, 0.4) is 0 Å². The van der Waals surface area contributed by atoms with Crippen LogP contribution in [0, 0.1) is 6.92 Å². The van der Waals surface area contributed by atoms with E-state index >= 15 is 0 Å². The second kappa shape index (κ2) is 6.75. The van der Waals surface area contributed by atoms with Crippen LogP contribution in [-0.2, 0) is 6.54 Å². The quantitative estimate of drug-likeness (QED) is 0.848. The Kier molecular flexibility index (Phi) is 4.53. The van der Waals surface area contributed by atoms with Crippen molar-refractivity contribution in [3.05, 3.63) is 47.8 Å². The Morgan fingerprint density at radius 2 is 2.09 bits per heavy atom. The number of likely N-dealkylation sites (tertiary alicyclic amines) is 1. The van der Waals surface area contributed by atoms with Crippen LogP contribution >= 0.6 is 0 Å². The molecule has 3 rings (SSSR count). The van der Waals surface area contributed by atoms with Gasteiger partial charge in [0.15, 0.2) is 5.75 Å². The summed E-state index contributed by atoms with van der Waals surface area (Å²) in [6.07, 6.45) is 4.41. The molecule has 5 heteroatoms. The number of hydrogen-bond acceptors (Lipinski definition) is 5. The monoisotopic (exact) mass is 299 g/mol. The molecule has 1 aromatic heterocycles. The van der Waals surface area contributed by atoms with Gasteiger partial charge in [-0.1, -0.05) is 29.8 Å². The number of aromatic nitrogens is 2. The lowest BCUT2D eigenvalue weighted by atomic mass is 10.1. The van der Waals surface area contributed by atoms with Crippen LogP contribution in [0.4, 0.5) is 0 Å². The van der Waals surface area contributed by atoms with Gasteiger partial charge in [0.05, 0.1) is 19.5 Å². The van der Waals surface area contributed by atoms with E-state index < -0.39 is 0 Å². The number of rotatable bonds is 5. The third-order valence-corrected chi connectivity index (χ3v) is 3.83. The van der Waals surface area contributed by atoms with Gasteiger partial charge < -0.3 is 9.47 Å². The Labute approximate surface area is 130 Å². The molecule has 0 aliphatic carbocycles. The second-order valence-electron chi connectivity index (χ2n) is 5.66. The van der Waals surface area contributed by atoms with Gasteiger partial charge in [-0.3, -0.25) is 4.90 Å². The first-order valence-corrected chi connectivity index (χ1v) is 7.53. The van der Waals surface area contributed by atoms with Crippen LogP contribution in [0.1, 0.15) is 17.5 Å². The minimum absolute atomic E-state index is 0.151. The fourth-order valence-electron chi connectivity index (χ4n) is 2.73. The van der Waals surface area contributed by atoms with Gasteiger partial charge in [0.2, 0.25) is 0 Å². The highest BCUT2D eigenvalue weighted by atomic mass is 16.5. The van der Waals surface area contributed by atoms with E-state index in [9.17, 15) is 0 Å². The third kappa shape index (κ3) is 3.74. The third-order valence-electron chi connectivity index (χ3n) is 3.83. The molecule has 0 radical (unpaired) electrons. The van der Waals surface area contributed by atoms with Gasteiger partial charge in [-0.05, 0) is 18.9 Å². The van der Waals surface area contributed by atoms with Crippen molar-refractivity contribution in [3.63, 3.8) is 0 Å². The largest absolute Gasteiger partial charge is 0.494 e. The number of nitrogens with zero attached hydrogens (tertiary/aromatic N) is 3. The summed E-state index contributed by atoms with van der Waals surface area (Å²) >= 11 is 0. The Morgan fingerprint density at radius 1 is 1.27 bits per heavy atom. The fraction of sp³-hybridized carbons (Fsp3) is 0.412. The highest BCUT2D eigenvalue weighted by molar-refractivity contribution is 5.22. The standard InChI is InChI=1S/C17H21N3O2/c1-13-4-3-5-14(8-13)11-20-7-6-15(12-20)22-17-18-9-16(21-2)10-19-17/h3-5,8-10,15H,6-7,11-12H2,1-2H3. The molecule has 1 atom stereocenters. The molecule has 1 fully saturated rings. The molecule has 5 nitrogen and oxygen atoms in total. The van der Waals surface area contributed by atoms with Crippen molar-refractivity contribution in [1.29, 1.82) is 0 Å². The maximum Gasteiger partial charge on any atom is 0.316 e. The van der Waals surface area contributed by atoms with Crippen LogP contribution in [-0.4, -0.2) is 41.2 Å². The van der Waals surface area contributed by atoms with E-state index in [4.69, 9.17) is 9.47 Å². The van der Waals surface area contributed by atoms with Crippen LogP contribution in [0.2, 0.25) is 0 Å². The maximum atomic E-state index is 5.85. The topological polar surface area (TPSA) is 47.5 Å². The van der Waals surface area contributed by atoms with Crippen molar-refractivity contribution >= 4 is 0 Å². The normalized spacial score (nSPS) is 18.4. The van der Waals surface area contributed by atoms with Crippen molar-refractivity contribution in [2.45, 2.75) is 26.0 Å². The van der Waals surface area contributed by atoms with Crippen LogP contribution in [0.5, 0.6) is 11.8 Å². The Bertz CT molecular complexity index is 616. The minimum atomic E-state index is 0.151. The highest BCUT2D eigenvalue weighted by Crippen LogP contribution is 2.18. The Hall–Kier alpha value is -2.14. The molecule has 1 saturated heterocycles. The first-order valence-electron chi connectivity index (χ1n) is 7.53. The first kappa shape index (κ1) is 14.8. The van der Waals surface area contributed by atoms with Crippen molar-refractivity contribution in [2.75, 3.05) is 20.2 Å². The van der Waals surface area contributed by atoms with E-state index in [1.165, 1.54) is 11.1 Å². The summed E-state index contributed by atoms with van der Waals surface area (Å²) in [7, 11) is 1.60. The summed E-state index contributed by atoms with van der Waals surface area (Å²) in [6.45, 7) is 5.03. The summed E-state index contributed by atoms with van der Waals surface area (Å²) in [5, 5.41) is 0. The van der Waals surface area contributed by atoms with Gasteiger partial charge >= 0.3 is 6.01 Å². The lowest BCUT2D eigenvalue weighted by Gasteiger charge is -2.16. The number of methoxy groups -OCH3 is 1. The predicted molar refractivity (Wildman–Crippen MR) is 84.1 cm³/mol. The van der Waals surface area contributed by atoms with Gasteiger partial charge in [-0.15, -0.1) is 0 Å². The fourth-order valence-corrected chi connectivity index (χ4v) is 2.73. The van der Waals surface area contributed by atoms with Gasteiger partial charge in [0.1, 0.15) is 6.10 Å². The zero-order valence-corrected chi connectivity index (χ0v) is 13.0. The van der Waals surface area contributed by atoms with Crippen LogP contribution in [0.15, 0.2) is 36.7 Å². The molecular weight excluding hydrogens is 278 g/mol. The molecule has 2 aromatic rings. The maximum absolute atomic E-state index is 5.85. The summed E-state index contributed by atoms with van der Waals surface area (Å²) in [6, 6.07) is 9.07. The molecular formula is C17H21N3O2. The second-order valence-corrected chi connectivity index (χ2v) is 5.66. The van der Waals surface area contributed by atoms with Gasteiger partial charge in [0.25, 0.3) is 0 Å². The molecule has 0 amide bonds. The molecule has 1 aliphatic heterocycles. The molecule has 1 aliphatic rings. The predicted octanol–water partition coefficient (Wildman–Crippen LogP) is 2.45. The summed E-state index contributed by atoms with van der Waals surface area (Å²) in [5.41, 5.74) is 2.65. The molecule has 0 spiro atoms. The molecule has 0 N–H and O–H groups in total.